The Labute approximate surface area is 198 Å². The van der Waals surface area contributed by atoms with E-state index in [4.69, 9.17) is 15.2 Å². The summed E-state index contributed by atoms with van der Waals surface area (Å²) in [5.41, 5.74) is 9.78. The third kappa shape index (κ3) is 5.27. The average Bonchev–Trinajstić information content (AvgIpc) is 3.38. The van der Waals surface area contributed by atoms with E-state index in [2.05, 4.69) is 5.32 Å². The summed E-state index contributed by atoms with van der Waals surface area (Å²) >= 11 is 0. The molecule has 1 aliphatic rings. The van der Waals surface area contributed by atoms with Gasteiger partial charge in [0.2, 0.25) is 12.7 Å². The molecule has 3 aromatic rings. The number of Topliss-reactive ketones (excluding diaryl/α,β-unsaturated/α-hetero) is 1. The summed E-state index contributed by atoms with van der Waals surface area (Å²) < 4.78 is 10.8. The predicted octanol–water partition coefficient (Wildman–Crippen LogP) is 5.05. The quantitative estimate of drug-likeness (QED) is 0.365. The fourth-order valence-electron chi connectivity index (χ4n) is 3.53. The number of anilines is 3. The van der Waals surface area contributed by atoms with Gasteiger partial charge in [0, 0.05) is 17.7 Å². The maximum atomic E-state index is 12.5. The Morgan fingerprint density at radius 2 is 1.76 bits per heavy atom. The Morgan fingerprint density at radius 3 is 2.47 bits per heavy atom. The van der Waals surface area contributed by atoms with E-state index < -0.39 is 0 Å². The number of para-hydroxylation sites is 3. The van der Waals surface area contributed by atoms with Gasteiger partial charge in [-0.05, 0) is 48.9 Å². The van der Waals surface area contributed by atoms with Crippen LogP contribution in [-0.2, 0) is 9.47 Å². The number of hydrogen-bond acceptors (Lipinski definition) is 6. The van der Waals surface area contributed by atoms with Gasteiger partial charge < -0.3 is 25.4 Å². The molecular formula is C27H25N3O4. The monoisotopic (exact) mass is 455 g/mol. The number of rotatable bonds is 8. The number of ketones is 1. The number of benzene rings is 3. The number of carbonyl (C=O) groups is 2. The van der Waals surface area contributed by atoms with Crippen molar-refractivity contribution in [3.05, 3.63) is 108 Å². The molecule has 0 aromatic heterocycles. The number of nitrogens with two attached hydrogens (primary N) is 1. The Kier molecular flexibility index (Phi) is 6.93. The van der Waals surface area contributed by atoms with Crippen LogP contribution in [-0.4, -0.2) is 25.0 Å². The van der Waals surface area contributed by atoms with Crippen LogP contribution in [0.25, 0.3) is 6.08 Å². The highest BCUT2D eigenvalue weighted by atomic mass is 16.7. The van der Waals surface area contributed by atoms with Crippen LogP contribution in [0.2, 0.25) is 0 Å². The Hall–Kier alpha value is -4.52. The Bertz CT molecular complexity index is 1250. The summed E-state index contributed by atoms with van der Waals surface area (Å²) in [5.74, 6) is 0.270. The first-order valence-electron chi connectivity index (χ1n) is 10.8. The largest absolute Gasteiger partial charge is 0.459 e. The first-order valence-corrected chi connectivity index (χ1v) is 10.8. The Balaban J connectivity index is 1.46. The molecule has 0 spiro atoms. The molecule has 0 aliphatic carbocycles. The number of nitrogens with zero attached hydrogens (tertiary/aromatic N) is 1. The summed E-state index contributed by atoms with van der Waals surface area (Å²) in [4.78, 5) is 26.5. The molecule has 0 fully saturated rings. The van der Waals surface area contributed by atoms with E-state index in [1.807, 2.05) is 59.5 Å². The minimum absolute atomic E-state index is 0.0322. The average molecular weight is 456 g/mol. The molecule has 0 radical (unpaired) electrons. The standard InChI is InChI=1S/C27H25N3O4/c1-19(31)22-8-2-5-11-25(22)30(26-17-33-18-34-26)16-6-7-20-12-14-21(15-13-20)27(32)29-24-10-4-3-9-23(24)28/h2-15,17H,16,18,28H2,1H3,(H,29,32). The van der Waals surface area contributed by atoms with E-state index >= 15 is 0 Å². The molecule has 3 N–H and O–H groups in total. The van der Waals surface area contributed by atoms with Crippen molar-refractivity contribution < 1.29 is 19.1 Å². The van der Waals surface area contributed by atoms with Crippen LogP contribution in [0.5, 0.6) is 0 Å². The van der Waals surface area contributed by atoms with Crippen molar-refractivity contribution in [2.75, 3.05) is 29.3 Å². The number of nitrogens with one attached hydrogen (secondary N) is 1. The third-order valence-electron chi connectivity index (χ3n) is 5.28. The molecular weight excluding hydrogens is 430 g/mol. The summed E-state index contributed by atoms with van der Waals surface area (Å²) in [6.45, 7) is 2.13. The highest BCUT2D eigenvalue weighted by molar-refractivity contribution is 6.05. The lowest BCUT2D eigenvalue weighted by molar-refractivity contribution is 0.0787. The molecule has 34 heavy (non-hydrogen) atoms. The molecule has 4 rings (SSSR count). The lowest BCUT2D eigenvalue weighted by atomic mass is 10.1. The van der Waals surface area contributed by atoms with Gasteiger partial charge in [-0.25, -0.2) is 0 Å². The highest BCUT2D eigenvalue weighted by Crippen LogP contribution is 2.27. The van der Waals surface area contributed by atoms with Crippen LogP contribution in [0.3, 0.4) is 0 Å². The molecule has 7 heteroatoms. The van der Waals surface area contributed by atoms with Crippen LogP contribution < -0.4 is 16.0 Å². The fraction of sp³-hybridized carbons (Fsp3) is 0.111. The van der Waals surface area contributed by atoms with Crippen LogP contribution in [0.1, 0.15) is 33.2 Å². The molecule has 0 unspecified atom stereocenters. The van der Waals surface area contributed by atoms with Crippen molar-refractivity contribution in [3.63, 3.8) is 0 Å². The zero-order valence-corrected chi connectivity index (χ0v) is 18.7. The normalized spacial score (nSPS) is 12.6. The number of nitrogen functional groups attached to an aromatic ring is 1. The lowest BCUT2D eigenvalue weighted by Crippen LogP contribution is -2.24. The smallest absolute Gasteiger partial charge is 0.255 e. The lowest BCUT2D eigenvalue weighted by Gasteiger charge is -2.24. The van der Waals surface area contributed by atoms with E-state index in [-0.39, 0.29) is 18.5 Å². The van der Waals surface area contributed by atoms with Crippen LogP contribution >= 0.6 is 0 Å². The van der Waals surface area contributed by atoms with Gasteiger partial charge in [0.25, 0.3) is 5.91 Å². The fourth-order valence-corrected chi connectivity index (χ4v) is 3.53. The first kappa shape index (κ1) is 22.7. The van der Waals surface area contributed by atoms with Crippen molar-refractivity contribution in [1.82, 2.24) is 0 Å². The molecule has 0 saturated heterocycles. The zero-order chi connectivity index (χ0) is 23.9. The number of carbonyl (C=O) groups excluding carboxylic acids is 2. The van der Waals surface area contributed by atoms with Crippen LogP contribution in [0, 0.1) is 0 Å². The second kappa shape index (κ2) is 10.4. The predicted molar refractivity (Wildman–Crippen MR) is 133 cm³/mol. The molecule has 1 amide bonds. The topological polar surface area (TPSA) is 93.9 Å². The van der Waals surface area contributed by atoms with Gasteiger partial charge in [-0.1, -0.05) is 48.6 Å². The van der Waals surface area contributed by atoms with E-state index in [9.17, 15) is 9.59 Å². The van der Waals surface area contributed by atoms with Gasteiger partial charge in [-0.2, -0.15) is 0 Å². The minimum Gasteiger partial charge on any atom is -0.459 e. The Morgan fingerprint density at radius 1 is 1.03 bits per heavy atom. The van der Waals surface area contributed by atoms with Crippen molar-refractivity contribution in [2.24, 2.45) is 0 Å². The number of hydrogen-bond donors (Lipinski definition) is 2. The van der Waals surface area contributed by atoms with Crippen LogP contribution in [0.15, 0.2) is 91.0 Å². The van der Waals surface area contributed by atoms with Gasteiger partial charge >= 0.3 is 0 Å². The summed E-state index contributed by atoms with van der Waals surface area (Å²) in [6, 6.07) is 21.7. The molecule has 0 bridgehead atoms. The van der Waals surface area contributed by atoms with E-state index in [1.165, 1.54) is 13.2 Å². The number of ether oxygens (including phenoxy) is 2. The van der Waals surface area contributed by atoms with Crippen molar-refractivity contribution in [2.45, 2.75) is 6.92 Å². The molecule has 1 heterocycles. The van der Waals surface area contributed by atoms with E-state index in [0.29, 0.717) is 34.9 Å². The highest BCUT2D eigenvalue weighted by Gasteiger charge is 2.20. The molecule has 0 saturated carbocycles. The van der Waals surface area contributed by atoms with Gasteiger partial charge in [0.15, 0.2) is 5.78 Å². The van der Waals surface area contributed by atoms with Gasteiger partial charge in [-0.3, -0.25) is 9.59 Å². The van der Waals surface area contributed by atoms with Gasteiger partial charge in [0.05, 0.1) is 17.1 Å². The molecule has 0 atom stereocenters. The third-order valence-corrected chi connectivity index (χ3v) is 5.28. The zero-order valence-electron chi connectivity index (χ0n) is 18.7. The maximum absolute atomic E-state index is 12.5. The molecule has 1 aliphatic heterocycles. The van der Waals surface area contributed by atoms with Crippen molar-refractivity contribution in [3.8, 4) is 0 Å². The molecule has 3 aromatic carbocycles. The van der Waals surface area contributed by atoms with Crippen LogP contribution in [0.4, 0.5) is 17.1 Å². The van der Waals surface area contributed by atoms with E-state index in [0.717, 1.165) is 11.3 Å². The maximum Gasteiger partial charge on any atom is 0.255 e. The second-order valence-corrected chi connectivity index (χ2v) is 7.63. The summed E-state index contributed by atoms with van der Waals surface area (Å²) in [6.07, 6.45) is 5.44. The summed E-state index contributed by atoms with van der Waals surface area (Å²) in [7, 11) is 0. The second-order valence-electron chi connectivity index (χ2n) is 7.63. The van der Waals surface area contributed by atoms with E-state index in [1.54, 1.807) is 30.3 Å². The van der Waals surface area contributed by atoms with Gasteiger partial charge in [0.1, 0.15) is 6.26 Å². The minimum atomic E-state index is -0.231. The first-order chi connectivity index (χ1) is 16.5. The van der Waals surface area contributed by atoms with Crippen molar-refractivity contribution in [1.29, 1.82) is 0 Å². The SMILES string of the molecule is CC(=O)c1ccccc1N(CC=Cc1ccc(C(=O)Nc2ccccc2N)cc1)C1=COCO1. The van der Waals surface area contributed by atoms with Crippen molar-refractivity contribution >= 4 is 34.8 Å². The number of amides is 1. The summed E-state index contributed by atoms with van der Waals surface area (Å²) in [5, 5.41) is 2.82. The van der Waals surface area contributed by atoms with Gasteiger partial charge in [-0.15, -0.1) is 0 Å². The molecule has 7 nitrogen and oxygen atoms in total. The molecule has 172 valence electrons.